The van der Waals surface area contributed by atoms with Gasteiger partial charge < -0.3 is 14.4 Å². The summed E-state index contributed by atoms with van der Waals surface area (Å²) >= 11 is 1.58. The van der Waals surface area contributed by atoms with E-state index in [2.05, 4.69) is 42.3 Å². The predicted octanol–water partition coefficient (Wildman–Crippen LogP) is 4.51. The van der Waals surface area contributed by atoms with E-state index >= 15 is 0 Å². The highest BCUT2D eigenvalue weighted by molar-refractivity contribution is 7.99. The van der Waals surface area contributed by atoms with Crippen LogP contribution in [0.5, 0.6) is 5.75 Å². The first-order chi connectivity index (χ1) is 13.7. The van der Waals surface area contributed by atoms with E-state index in [0.29, 0.717) is 17.4 Å². The molecule has 148 valence electrons. The molecular formula is C23H27NO3S. The minimum Gasteiger partial charge on any atom is -0.496 e. The summed E-state index contributed by atoms with van der Waals surface area (Å²) in [6, 6.07) is 12.6. The number of methoxy groups -OCH3 is 1. The molecule has 1 heterocycles. The quantitative estimate of drug-likeness (QED) is 0.671. The lowest BCUT2D eigenvalue weighted by molar-refractivity contribution is 0.0566. The highest BCUT2D eigenvalue weighted by Crippen LogP contribution is 2.37. The first kappa shape index (κ1) is 19.3. The summed E-state index contributed by atoms with van der Waals surface area (Å²) in [5.74, 6) is 1.81. The van der Waals surface area contributed by atoms with Crippen molar-refractivity contribution in [3.05, 3.63) is 58.7 Å². The third-order valence-corrected chi connectivity index (χ3v) is 6.69. The van der Waals surface area contributed by atoms with Crippen LogP contribution in [-0.4, -0.2) is 44.1 Å². The number of carbonyl (C=O) groups excluding carboxylic acids is 1. The number of ether oxygens (including phenoxy) is 2. The molecule has 4 nitrogen and oxygen atoms in total. The molecule has 0 N–H and O–H groups in total. The first-order valence-electron chi connectivity index (χ1n) is 9.93. The number of benzene rings is 2. The maximum atomic E-state index is 12.0. The number of fused-ring (bicyclic) bond motifs is 2. The van der Waals surface area contributed by atoms with E-state index in [1.165, 1.54) is 29.5 Å². The second-order valence-corrected chi connectivity index (χ2v) is 8.62. The highest BCUT2D eigenvalue weighted by atomic mass is 32.2. The Balaban J connectivity index is 1.39. The molecule has 1 atom stereocenters. The molecule has 0 bridgehead atoms. The lowest BCUT2D eigenvalue weighted by Gasteiger charge is -2.30. The Morgan fingerprint density at radius 1 is 1.29 bits per heavy atom. The minimum absolute atomic E-state index is 0.197. The molecule has 5 heteroatoms. The van der Waals surface area contributed by atoms with Crippen molar-refractivity contribution in [1.29, 1.82) is 0 Å². The number of likely N-dealkylation sites (N-methyl/N-ethyl adjacent to an activating group) is 1. The summed E-state index contributed by atoms with van der Waals surface area (Å²) in [7, 11) is 3.95. The number of thioether (sulfide) groups is 1. The summed E-state index contributed by atoms with van der Waals surface area (Å²) < 4.78 is 10.7. The van der Waals surface area contributed by atoms with E-state index in [1.54, 1.807) is 18.9 Å². The normalized spacial score (nSPS) is 18.4. The van der Waals surface area contributed by atoms with Crippen molar-refractivity contribution in [1.82, 2.24) is 4.90 Å². The molecule has 2 aliphatic rings. The van der Waals surface area contributed by atoms with Crippen molar-refractivity contribution < 1.29 is 14.3 Å². The van der Waals surface area contributed by atoms with Crippen LogP contribution in [0.25, 0.3) is 0 Å². The van der Waals surface area contributed by atoms with Crippen LogP contribution in [0.2, 0.25) is 0 Å². The monoisotopic (exact) mass is 397 g/mol. The maximum Gasteiger partial charge on any atom is 0.340 e. The van der Waals surface area contributed by atoms with E-state index in [9.17, 15) is 4.79 Å². The van der Waals surface area contributed by atoms with Crippen molar-refractivity contribution in [2.75, 3.05) is 33.2 Å². The van der Waals surface area contributed by atoms with Gasteiger partial charge in [-0.3, -0.25) is 0 Å². The van der Waals surface area contributed by atoms with Gasteiger partial charge in [0.25, 0.3) is 0 Å². The van der Waals surface area contributed by atoms with E-state index in [0.717, 1.165) is 36.6 Å². The van der Waals surface area contributed by atoms with Gasteiger partial charge in [-0.15, -0.1) is 0 Å². The maximum absolute atomic E-state index is 12.0. The lowest BCUT2D eigenvalue weighted by atomic mass is 9.82. The molecule has 1 aliphatic carbocycles. The molecule has 0 spiro atoms. The Morgan fingerprint density at radius 2 is 2.18 bits per heavy atom. The summed E-state index contributed by atoms with van der Waals surface area (Å²) in [4.78, 5) is 15.4. The van der Waals surface area contributed by atoms with E-state index in [4.69, 9.17) is 9.47 Å². The molecule has 1 aliphatic heterocycles. The van der Waals surface area contributed by atoms with Gasteiger partial charge in [-0.05, 0) is 73.5 Å². The van der Waals surface area contributed by atoms with Crippen molar-refractivity contribution in [2.45, 2.75) is 36.5 Å². The van der Waals surface area contributed by atoms with Gasteiger partial charge in [0.05, 0.1) is 12.7 Å². The Labute approximate surface area is 171 Å². The van der Waals surface area contributed by atoms with Crippen LogP contribution in [0, 0.1) is 0 Å². The summed E-state index contributed by atoms with van der Waals surface area (Å²) in [5.41, 5.74) is 4.74. The molecule has 4 rings (SSSR count). The molecular weight excluding hydrogens is 370 g/mol. The zero-order valence-electron chi connectivity index (χ0n) is 16.6. The van der Waals surface area contributed by atoms with Gasteiger partial charge in [-0.2, -0.15) is 0 Å². The number of esters is 1. The standard InChI is InChI=1S/C23H27NO3S/c1-24(12-11-16-9-10-22-20(13-16)23(25)27-15-28-22)14-17-5-3-7-19-18(17)6-4-8-21(19)26-2/h4,6,8-10,13,17H,3,5,7,11-12,14-15H2,1-2H3. The van der Waals surface area contributed by atoms with Crippen LogP contribution < -0.4 is 4.74 Å². The number of carbonyl (C=O) groups is 1. The zero-order valence-corrected chi connectivity index (χ0v) is 17.4. The van der Waals surface area contributed by atoms with Crippen LogP contribution in [-0.2, 0) is 17.6 Å². The Hall–Kier alpha value is -1.98. The van der Waals surface area contributed by atoms with Gasteiger partial charge in [0.2, 0.25) is 0 Å². The van der Waals surface area contributed by atoms with E-state index < -0.39 is 0 Å². The molecule has 0 saturated carbocycles. The van der Waals surface area contributed by atoms with E-state index in [1.807, 2.05) is 6.07 Å². The molecule has 0 saturated heterocycles. The SMILES string of the molecule is COc1cccc2c1CCCC2CN(C)CCc1ccc2c(c1)C(=O)OCS2. The highest BCUT2D eigenvalue weighted by Gasteiger charge is 2.24. The number of cyclic esters (lactones) is 1. The van der Waals surface area contributed by atoms with Crippen LogP contribution in [0.4, 0.5) is 0 Å². The first-order valence-corrected chi connectivity index (χ1v) is 10.9. The molecule has 28 heavy (non-hydrogen) atoms. The molecule has 2 aromatic rings. The molecule has 1 unspecified atom stereocenters. The zero-order chi connectivity index (χ0) is 19.5. The Bertz CT molecular complexity index is 867. The number of rotatable bonds is 6. The number of hydrogen-bond donors (Lipinski definition) is 0. The fourth-order valence-corrected chi connectivity index (χ4v) is 5.08. The van der Waals surface area contributed by atoms with Crippen LogP contribution in [0.15, 0.2) is 41.3 Å². The largest absolute Gasteiger partial charge is 0.496 e. The van der Waals surface area contributed by atoms with Crippen LogP contribution in [0.3, 0.4) is 0 Å². The molecule has 0 fully saturated rings. The molecule has 0 aromatic heterocycles. The smallest absolute Gasteiger partial charge is 0.340 e. The van der Waals surface area contributed by atoms with Crippen molar-refractivity contribution in [3.8, 4) is 5.75 Å². The fourth-order valence-electron chi connectivity index (χ4n) is 4.32. The van der Waals surface area contributed by atoms with Crippen molar-refractivity contribution in [2.24, 2.45) is 0 Å². The molecule has 2 aromatic carbocycles. The average molecular weight is 398 g/mol. The third-order valence-electron chi connectivity index (χ3n) is 5.79. The summed E-state index contributed by atoms with van der Waals surface area (Å²) in [5, 5.41) is 0. The Kier molecular flexibility index (Phi) is 5.93. The summed E-state index contributed by atoms with van der Waals surface area (Å²) in [6.45, 7) is 2.01. The molecule has 0 amide bonds. The third kappa shape index (κ3) is 4.06. The second-order valence-electron chi connectivity index (χ2n) is 7.65. The van der Waals surface area contributed by atoms with Gasteiger partial charge in [-0.25, -0.2) is 4.79 Å². The van der Waals surface area contributed by atoms with Crippen molar-refractivity contribution in [3.63, 3.8) is 0 Å². The second kappa shape index (κ2) is 8.58. The van der Waals surface area contributed by atoms with E-state index in [-0.39, 0.29) is 5.97 Å². The average Bonchev–Trinajstić information content (AvgIpc) is 2.72. The van der Waals surface area contributed by atoms with Crippen LogP contribution in [0.1, 0.15) is 45.8 Å². The van der Waals surface area contributed by atoms with Gasteiger partial charge in [0.1, 0.15) is 11.7 Å². The van der Waals surface area contributed by atoms with Gasteiger partial charge >= 0.3 is 5.97 Å². The van der Waals surface area contributed by atoms with Gasteiger partial charge in [0.15, 0.2) is 0 Å². The van der Waals surface area contributed by atoms with Crippen molar-refractivity contribution >= 4 is 17.7 Å². The molecule has 0 radical (unpaired) electrons. The van der Waals surface area contributed by atoms with Gasteiger partial charge in [-0.1, -0.05) is 30.0 Å². The Morgan fingerprint density at radius 3 is 3.04 bits per heavy atom. The summed E-state index contributed by atoms with van der Waals surface area (Å²) in [6.07, 6.45) is 4.49. The fraction of sp³-hybridized carbons (Fsp3) is 0.435. The topological polar surface area (TPSA) is 38.8 Å². The van der Waals surface area contributed by atoms with Crippen LogP contribution >= 0.6 is 11.8 Å². The number of nitrogens with zero attached hydrogens (tertiary/aromatic N) is 1. The minimum atomic E-state index is -0.197. The van der Waals surface area contributed by atoms with Gasteiger partial charge in [0, 0.05) is 18.0 Å². The lowest BCUT2D eigenvalue weighted by Crippen LogP contribution is -2.28. The number of hydrogen-bond acceptors (Lipinski definition) is 5. The predicted molar refractivity (Wildman–Crippen MR) is 112 cm³/mol.